The largest absolute Gasteiger partial charge is 0.492 e. The third-order valence-electron chi connectivity index (χ3n) is 7.13. The molecule has 0 spiro atoms. The second-order valence-electron chi connectivity index (χ2n) is 9.63. The first kappa shape index (κ1) is 27.3. The van der Waals surface area contributed by atoms with Crippen molar-refractivity contribution in [3.05, 3.63) is 112 Å². The van der Waals surface area contributed by atoms with Gasteiger partial charge in [0.1, 0.15) is 18.4 Å². The Balaban J connectivity index is 1.39. The molecule has 0 saturated heterocycles. The Hall–Kier alpha value is -4.30. The highest BCUT2D eigenvalue weighted by Gasteiger charge is 2.46. The average molecular weight is 559 g/mol. The molecule has 0 radical (unpaired) electrons. The lowest BCUT2D eigenvalue weighted by atomic mass is 9.95. The first-order chi connectivity index (χ1) is 19.5. The van der Waals surface area contributed by atoms with E-state index in [1.165, 1.54) is 0 Å². The van der Waals surface area contributed by atoms with Gasteiger partial charge in [-0.25, -0.2) is 4.79 Å². The number of carbonyl (C=O) groups excluding carboxylic acids is 3. The monoisotopic (exact) mass is 558 g/mol. The summed E-state index contributed by atoms with van der Waals surface area (Å²) >= 11 is 6.09. The van der Waals surface area contributed by atoms with Gasteiger partial charge in [-0.15, -0.1) is 0 Å². The van der Waals surface area contributed by atoms with Crippen molar-refractivity contribution in [2.24, 2.45) is 0 Å². The lowest BCUT2D eigenvalue weighted by Gasteiger charge is -2.32. The molecule has 3 aromatic carbocycles. The Morgan fingerprint density at radius 3 is 2.38 bits per heavy atom. The van der Waals surface area contributed by atoms with E-state index in [-0.39, 0.29) is 37.5 Å². The minimum atomic E-state index is -0.781. The highest BCUT2D eigenvalue weighted by atomic mass is 35.5. The predicted octanol–water partition coefficient (Wildman–Crippen LogP) is 4.33. The summed E-state index contributed by atoms with van der Waals surface area (Å²) in [5.41, 5.74) is 2.77. The lowest BCUT2D eigenvalue weighted by Crippen LogP contribution is -2.50. The Kier molecular flexibility index (Phi) is 8.36. The second kappa shape index (κ2) is 12.3. The zero-order chi connectivity index (χ0) is 28.1. The number of rotatable bonds is 10. The molecule has 0 bridgehead atoms. The van der Waals surface area contributed by atoms with Gasteiger partial charge in [-0.3, -0.25) is 14.5 Å². The Morgan fingerprint density at radius 1 is 1.02 bits per heavy atom. The number of amides is 4. The van der Waals surface area contributed by atoms with Crippen molar-refractivity contribution in [1.82, 2.24) is 20.4 Å². The molecule has 2 aliphatic heterocycles. The van der Waals surface area contributed by atoms with Crippen LogP contribution in [0.1, 0.15) is 24.1 Å². The number of hydrogen-bond donors (Lipinski definition) is 2. The molecule has 3 aromatic rings. The molecule has 0 saturated carbocycles. The van der Waals surface area contributed by atoms with Gasteiger partial charge in [0.05, 0.1) is 30.4 Å². The van der Waals surface area contributed by atoms with Gasteiger partial charge in [0, 0.05) is 18.0 Å². The Bertz CT molecular complexity index is 1400. The molecule has 2 heterocycles. The minimum Gasteiger partial charge on any atom is -0.492 e. The molecular formula is C31H31ClN4O4. The fourth-order valence-corrected chi connectivity index (χ4v) is 5.29. The summed E-state index contributed by atoms with van der Waals surface area (Å²) in [7, 11) is 0. The summed E-state index contributed by atoms with van der Waals surface area (Å²) in [6.07, 6.45) is 0.331. The van der Waals surface area contributed by atoms with Gasteiger partial charge in [0.2, 0.25) is 5.91 Å². The summed E-state index contributed by atoms with van der Waals surface area (Å²) in [6, 6.07) is 24.3. The van der Waals surface area contributed by atoms with Crippen LogP contribution >= 0.6 is 11.6 Å². The number of halogens is 1. The summed E-state index contributed by atoms with van der Waals surface area (Å²) in [4.78, 5) is 43.9. The molecule has 40 heavy (non-hydrogen) atoms. The molecule has 2 aliphatic rings. The minimum absolute atomic E-state index is 0.158. The van der Waals surface area contributed by atoms with E-state index in [0.29, 0.717) is 35.0 Å². The first-order valence-corrected chi connectivity index (χ1v) is 13.7. The third-order valence-corrected chi connectivity index (χ3v) is 7.39. The van der Waals surface area contributed by atoms with Crippen LogP contribution in [0.4, 0.5) is 4.79 Å². The molecule has 0 fully saturated rings. The van der Waals surface area contributed by atoms with Gasteiger partial charge in [0.25, 0.3) is 5.91 Å². The standard InChI is InChI=1S/C31H31ClN4O4/c1-2-35-26-20-36(30(38)27(26)28(34-31(35)39)22-13-15-23(32)16-14-22)25(19-21-9-5-3-6-10-21)29(37)33-17-18-40-24-11-7-4-8-12-24/h3-16,25,28H,2,17-20H2,1H3,(H,33,37)(H,34,39)/t25-,28-/m0/s1. The summed E-state index contributed by atoms with van der Waals surface area (Å²) in [6.45, 7) is 2.98. The zero-order valence-corrected chi connectivity index (χ0v) is 22.9. The maximum atomic E-state index is 14.1. The van der Waals surface area contributed by atoms with Crippen LogP contribution < -0.4 is 15.4 Å². The smallest absolute Gasteiger partial charge is 0.322 e. The number of carbonyl (C=O) groups is 3. The number of ether oxygens (including phenoxy) is 1. The predicted molar refractivity (Wildman–Crippen MR) is 153 cm³/mol. The number of para-hydroxylation sites is 1. The van der Waals surface area contributed by atoms with E-state index >= 15 is 0 Å². The Labute approximate surface area is 238 Å². The third kappa shape index (κ3) is 5.82. The van der Waals surface area contributed by atoms with E-state index in [0.717, 1.165) is 11.1 Å². The fraction of sp³-hybridized carbons (Fsp3) is 0.258. The van der Waals surface area contributed by atoms with Crippen molar-refractivity contribution in [2.45, 2.75) is 25.4 Å². The number of hydrogen-bond acceptors (Lipinski definition) is 4. The van der Waals surface area contributed by atoms with E-state index in [1.807, 2.05) is 67.6 Å². The summed E-state index contributed by atoms with van der Waals surface area (Å²) < 4.78 is 5.72. The average Bonchev–Trinajstić information content (AvgIpc) is 3.31. The number of likely N-dealkylation sites (N-methyl/N-ethyl adjacent to an activating group) is 1. The van der Waals surface area contributed by atoms with Crippen molar-refractivity contribution in [3.8, 4) is 5.75 Å². The molecule has 206 valence electrons. The molecule has 9 heteroatoms. The molecular weight excluding hydrogens is 528 g/mol. The molecule has 2 N–H and O–H groups in total. The number of urea groups is 1. The van der Waals surface area contributed by atoms with Crippen LogP contribution in [-0.4, -0.2) is 59.9 Å². The van der Waals surface area contributed by atoms with Crippen molar-refractivity contribution >= 4 is 29.4 Å². The molecule has 2 atom stereocenters. The van der Waals surface area contributed by atoms with Gasteiger partial charge in [-0.2, -0.15) is 0 Å². The Morgan fingerprint density at radius 2 is 1.70 bits per heavy atom. The van der Waals surface area contributed by atoms with Crippen LogP contribution in [0.25, 0.3) is 0 Å². The van der Waals surface area contributed by atoms with Crippen molar-refractivity contribution < 1.29 is 19.1 Å². The van der Waals surface area contributed by atoms with Crippen LogP contribution in [-0.2, 0) is 16.0 Å². The van der Waals surface area contributed by atoms with Crippen LogP contribution in [0.3, 0.4) is 0 Å². The van der Waals surface area contributed by atoms with Gasteiger partial charge in [0.15, 0.2) is 0 Å². The zero-order valence-electron chi connectivity index (χ0n) is 22.2. The van der Waals surface area contributed by atoms with Crippen LogP contribution in [0.2, 0.25) is 5.02 Å². The van der Waals surface area contributed by atoms with Crippen LogP contribution in [0.5, 0.6) is 5.75 Å². The second-order valence-corrected chi connectivity index (χ2v) is 10.1. The normalized spacial score (nSPS) is 17.4. The van der Waals surface area contributed by atoms with E-state index < -0.39 is 12.1 Å². The van der Waals surface area contributed by atoms with E-state index in [4.69, 9.17) is 16.3 Å². The van der Waals surface area contributed by atoms with E-state index in [2.05, 4.69) is 10.6 Å². The highest BCUT2D eigenvalue weighted by molar-refractivity contribution is 6.30. The van der Waals surface area contributed by atoms with Crippen molar-refractivity contribution in [3.63, 3.8) is 0 Å². The molecule has 4 amide bonds. The maximum absolute atomic E-state index is 14.1. The quantitative estimate of drug-likeness (QED) is 0.362. The van der Waals surface area contributed by atoms with Crippen molar-refractivity contribution in [1.29, 1.82) is 0 Å². The highest BCUT2D eigenvalue weighted by Crippen LogP contribution is 2.37. The molecule has 0 aromatic heterocycles. The first-order valence-electron chi connectivity index (χ1n) is 13.3. The maximum Gasteiger partial charge on any atom is 0.322 e. The number of nitrogens with zero attached hydrogens (tertiary/aromatic N) is 2. The van der Waals surface area contributed by atoms with Gasteiger partial charge in [-0.1, -0.05) is 72.3 Å². The van der Waals surface area contributed by atoms with Gasteiger partial charge >= 0.3 is 6.03 Å². The van der Waals surface area contributed by atoms with E-state index in [9.17, 15) is 14.4 Å². The van der Waals surface area contributed by atoms with Gasteiger partial charge < -0.3 is 20.3 Å². The van der Waals surface area contributed by atoms with Crippen molar-refractivity contribution in [2.75, 3.05) is 26.2 Å². The van der Waals surface area contributed by atoms with Gasteiger partial charge in [-0.05, 0) is 42.3 Å². The van der Waals surface area contributed by atoms with Crippen LogP contribution in [0, 0.1) is 0 Å². The fourth-order valence-electron chi connectivity index (χ4n) is 5.16. The number of benzene rings is 3. The molecule has 0 unspecified atom stereocenters. The molecule has 8 nitrogen and oxygen atoms in total. The summed E-state index contributed by atoms with van der Waals surface area (Å²) in [5.74, 6) is 0.165. The number of nitrogens with one attached hydrogen (secondary N) is 2. The molecule has 5 rings (SSSR count). The summed E-state index contributed by atoms with van der Waals surface area (Å²) in [5, 5.41) is 6.48. The van der Waals surface area contributed by atoms with E-state index in [1.54, 1.807) is 34.1 Å². The topological polar surface area (TPSA) is 91.0 Å². The van der Waals surface area contributed by atoms with Crippen LogP contribution in [0.15, 0.2) is 96.2 Å². The molecule has 0 aliphatic carbocycles. The lowest BCUT2D eigenvalue weighted by molar-refractivity contribution is -0.136. The SMILES string of the molecule is CCN1C(=O)N[C@@H](c2ccc(Cl)cc2)C2=C1CN([C@@H](Cc1ccccc1)C(=O)NCCOc1ccccc1)C2=O.